The molecule has 1 amide bonds. The van der Waals surface area contributed by atoms with E-state index >= 15 is 0 Å². The molecule has 5 rings (SSSR count). The molecule has 4 bridgehead atoms. The first-order valence-electron chi connectivity index (χ1n) is 9.11. The number of hydrogen-bond donors (Lipinski definition) is 1. The van der Waals surface area contributed by atoms with Gasteiger partial charge in [-0.25, -0.2) is 0 Å². The molecule has 0 spiro atoms. The predicted octanol–water partition coefficient (Wildman–Crippen LogP) is 3.21. The SMILES string of the molecule is CC(=O)c1cccc(OCC(=O)NC2C3CC4CC(C3)CC2C4)c1. The van der Waals surface area contributed by atoms with E-state index in [1.165, 1.54) is 39.0 Å². The number of nitrogens with one attached hydrogen (secondary N) is 1. The van der Waals surface area contributed by atoms with E-state index in [0.717, 1.165) is 11.8 Å². The molecule has 1 aromatic carbocycles. The zero-order chi connectivity index (χ0) is 16.7. The van der Waals surface area contributed by atoms with E-state index in [-0.39, 0.29) is 18.3 Å². The number of carbonyl (C=O) groups is 2. The zero-order valence-electron chi connectivity index (χ0n) is 14.2. The summed E-state index contributed by atoms with van der Waals surface area (Å²) in [6, 6.07) is 7.35. The minimum atomic E-state index is -0.0410. The van der Waals surface area contributed by atoms with Gasteiger partial charge in [-0.05, 0) is 74.8 Å². The van der Waals surface area contributed by atoms with Crippen LogP contribution in [-0.4, -0.2) is 24.3 Å². The second kappa shape index (κ2) is 6.23. The Hall–Kier alpha value is -1.84. The summed E-state index contributed by atoms with van der Waals surface area (Å²) < 4.78 is 5.59. The molecule has 4 heteroatoms. The maximum Gasteiger partial charge on any atom is 0.258 e. The van der Waals surface area contributed by atoms with Gasteiger partial charge in [0.15, 0.2) is 12.4 Å². The number of hydrogen-bond acceptors (Lipinski definition) is 3. The van der Waals surface area contributed by atoms with Gasteiger partial charge in [0.1, 0.15) is 5.75 Å². The highest BCUT2D eigenvalue weighted by Gasteiger charge is 2.48. The second-order valence-corrected chi connectivity index (χ2v) is 7.90. The lowest BCUT2D eigenvalue weighted by Crippen LogP contribution is -2.56. The number of ether oxygens (including phenoxy) is 1. The van der Waals surface area contributed by atoms with Crippen molar-refractivity contribution in [1.82, 2.24) is 5.32 Å². The molecular formula is C20H25NO3. The van der Waals surface area contributed by atoms with E-state index in [2.05, 4.69) is 5.32 Å². The topological polar surface area (TPSA) is 55.4 Å². The fraction of sp³-hybridized carbons (Fsp3) is 0.600. The fourth-order valence-electron chi connectivity index (χ4n) is 5.34. The average Bonchev–Trinajstić information content (AvgIpc) is 2.56. The third-order valence-corrected chi connectivity index (χ3v) is 6.16. The van der Waals surface area contributed by atoms with Crippen LogP contribution in [0.2, 0.25) is 0 Å². The van der Waals surface area contributed by atoms with Crippen LogP contribution in [0.3, 0.4) is 0 Å². The minimum absolute atomic E-state index is 0.00139. The van der Waals surface area contributed by atoms with Crippen LogP contribution in [0.5, 0.6) is 5.75 Å². The first-order chi connectivity index (χ1) is 11.6. The fourth-order valence-corrected chi connectivity index (χ4v) is 5.34. The number of benzene rings is 1. The molecule has 0 heterocycles. The normalized spacial score (nSPS) is 33.3. The van der Waals surface area contributed by atoms with Crippen LogP contribution in [0.25, 0.3) is 0 Å². The molecule has 1 aromatic rings. The maximum atomic E-state index is 12.3. The van der Waals surface area contributed by atoms with Gasteiger partial charge in [0.2, 0.25) is 0 Å². The summed E-state index contributed by atoms with van der Waals surface area (Å²) in [5, 5.41) is 3.24. The molecule has 1 N–H and O–H groups in total. The van der Waals surface area contributed by atoms with Gasteiger partial charge in [-0.2, -0.15) is 0 Å². The lowest BCUT2D eigenvalue weighted by molar-refractivity contribution is -0.127. The van der Waals surface area contributed by atoms with Crippen LogP contribution < -0.4 is 10.1 Å². The molecule has 0 radical (unpaired) electrons. The molecule has 4 aliphatic rings. The Morgan fingerprint density at radius 2 is 1.75 bits per heavy atom. The molecule has 4 saturated carbocycles. The number of Topliss-reactive ketones (excluding diaryl/α,β-unsaturated/α-hetero) is 1. The van der Waals surface area contributed by atoms with E-state index in [4.69, 9.17) is 4.74 Å². The van der Waals surface area contributed by atoms with Crippen molar-refractivity contribution < 1.29 is 14.3 Å². The van der Waals surface area contributed by atoms with Crippen LogP contribution in [0.4, 0.5) is 0 Å². The van der Waals surface area contributed by atoms with E-state index in [1.807, 2.05) is 0 Å². The van der Waals surface area contributed by atoms with Crippen molar-refractivity contribution in [3.8, 4) is 5.75 Å². The van der Waals surface area contributed by atoms with Gasteiger partial charge >= 0.3 is 0 Å². The van der Waals surface area contributed by atoms with Crippen molar-refractivity contribution in [3.63, 3.8) is 0 Å². The van der Waals surface area contributed by atoms with Gasteiger partial charge in [-0.1, -0.05) is 12.1 Å². The summed E-state index contributed by atoms with van der Waals surface area (Å²) >= 11 is 0. The Morgan fingerprint density at radius 1 is 1.08 bits per heavy atom. The highest BCUT2D eigenvalue weighted by atomic mass is 16.5. The first kappa shape index (κ1) is 15.7. The summed E-state index contributed by atoms with van der Waals surface area (Å²) in [4.78, 5) is 23.7. The molecule has 0 aromatic heterocycles. The molecule has 0 atom stereocenters. The average molecular weight is 327 g/mol. The lowest BCUT2D eigenvalue weighted by atomic mass is 9.54. The Labute approximate surface area is 143 Å². The highest BCUT2D eigenvalue weighted by molar-refractivity contribution is 5.94. The lowest BCUT2D eigenvalue weighted by Gasteiger charge is -2.54. The van der Waals surface area contributed by atoms with E-state index < -0.39 is 0 Å². The Kier molecular flexibility index (Phi) is 4.07. The second-order valence-electron chi connectivity index (χ2n) is 7.90. The van der Waals surface area contributed by atoms with E-state index in [0.29, 0.717) is 29.2 Å². The van der Waals surface area contributed by atoms with Crippen LogP contribution >= 0.6 is 0 Å². The number of rotatable bonds is 5. The molecule has 0 saturated heterocycles. The molecule has 128 valence electrons. The van der Waals surface area contributed by atoms with Gasteiger partial charge in [-0.15, -0.1) is 0 Å². The monoisotopic (exact) mass is 327 g/mol. The molecular weight excluding hydrogens is 302 g/mol. The third kappa shape index (κ3) is 3.06. The van der Waals surface area contributed by atoms with Crippen LogP contribution in [0, 0.1) is 23.7 Å². The third-order valence-electron chi connectivity index (χ3n) is 6.16. The largest absolute Gasteiger partial charge is 0.484 e. The molecule has 0 aliphatic heterocycles. The molecule has 24 heavy (non-hydrogen) atoms. The predicted molar refractivity (Wildman–Crippen MR) is 90.9 cm³/mol. The summed E-state index contributed by atoms with van der Waals surface area (Å²) in [7, 11) is 0. The summed E-state index contributed by atoms with van der Waals surface area (Å²) in [6.07, 6.45) is 6.58. The zero-order valence-corrected chi connectivity index (χ0v) is 14.2. The van der Waals surface area contributed by atoms with Crippen molar-refractivity contribution in [1.29, 1.82) is 0 Å². The minimum Gasteiger partial charge on any atom is -0.484 e. The molecule has 4 aliphatic carbocycles. The Balaban J connectivity index is 1.32. The van der Waals surface area contributed by atoms with Crippen molar-refractivity contribution in [2.24, 2.45) is 23.7 Å². The van der Waals surface area contributed by atoms with Crippen molar-refractivity contribution in [3.05, 3.63) is 29.8 Å². The molecule has 0 unspecified atom stereocenters. The Bertz CT molecular complexity index is 626. The van der Waals surface area contributed by atoms with E-state index in [1.54, 1.807) is 24.3 Å². The van der Waals surface area contributed by atoms with Gasteiger partial charge in [0.25, 0.3) is 5.91 Å². The van der Waals surface area contributed by atoms with Gasteiger partial charge in [0.05, 0.1) is 0 Å². The molecule has 4 fully saturated rings. The highest BCUT2D eigenvalue weighted by Crippen LogP contribution is 2.53. The number of carbonyl (C=O) groups excluding carboxylic acids is 2. The quantitative estimate of drug-likeness (QED) is 0.845. The molecule has 4 nitrogen and oxygen atoms in total. The summed E-state index contributed by atoms with van der Waals surface area (Å²) in [6.45, 7) is 1.54. The van der Waals surface area contributed by atoms with Crippen LogP contribution in [-0.2, 0) is 4.79 Å². The number of ketones is 1. The van der Waals surface area contributed by atoms with Crippen molar-refractivity contribution in [2.75, 3.05) is 6.61 Å². The summed E-state index contributed by atoms with van der Waals surface area (Å²) in [5.74, 6) is 3.69. The van der Waals surface area contributed by atoms with Gasteiger partial charge in [0, 0.05) is 11.6 Å². The number of amides is 1. The Morgan fingerprint density at radius 3 is 2.38 bits per heavy atom. The standard InChI is InChI=1S/C20H25NO3/c1-12(22)15-3-2-4-18(10-15)24-11-19(23)21-20-16-6-13-5-14(8-16)9-17(20)7-13/h2-4,10,13-14,16-17,20H,5-9,11H2,1H3,(H,21,23). The first-order valence-corrected chi connectivity index (χ1v) is 9.11. The van der Waals surface area contributed by atoms with Crippen molar-refractivity contribution in [2.45, 2.75) is 45.1 Å². The summed E-state index contributed by atoms with van der Waals surface area (Å²) in [5.41, 5.74) is 0.606. The smallest absolute Gasteiger partial charge is 0.258 e. The van der Waals surface area contributed by atoms with Crippen LogP contribution in [0.15, 0.2) is 24.3 Å². The van der Waals surface area contributed by atoms with Crippen LogP contribution in [0.1, 0.15) is 49.4 Å². The van der Waals surface area contributed by atoms with Crippen molar-refractivity contribution >= 4 is 11.7 Å². The maximum absolute atomic E-state index is 12.3. The van der Waals surface area contributed by atoms with Gasteiger partial charge in [-0.3, -0.25) is 9.59 Å². The van der Waals surface area contributed by atoms with E-state index in [9.17, 15) is 9.59 Å². The van der Waals surface area contributed by atoms with Gasteiger partial charge < -0.3 is 10.1 Å².